The van der Waals surface area contributed by atoms with Crippen LogP contribution in [0, 0.1) is 12.2 Å². The summed E-state index contributed by atoms with van der Waals surface area (Å²) < 4.78 is 0. The molecule has 0 N–H and O–H groups in total. The van der Waals surface area contributed by atoms with Gasteiger partial charge in [0.15, 0.2) is 0 Å². The van der Waals surface area contributed by atoms with Crippen molar-refractivity contribution < 1.29 is 47.8 Å². The molecule has 0 aliphatic heterocycles. The minimum Gasteiger partial charge on any atom is -1.00 e. The molecule has 0 fully saturated rings. The summed E-state index contributed by atoms with van der Waals surface area (Å²) in [5.41, 5.74) is 0.259. The molecule has 2 rings (SSSR count). The Labute approximate surface area is 127 Å². The summed E-state index contributed by atoms with van der Waals surface area (Å²) in [4.78, 5) is 0. The third-order valence-electron chi connectivity index (χ3n) is 1.17. The van der Waals surface area contributed by atoms with Crippen molar-refractivity contribution >= 4 is 5.49 Å². The summed E-state index contributed by atoms with van der Waals surface area (Å²) in [6.45, 7) is 4.66. The van der Waals surface area contributed by atoms with Crippen LogP contribution in [0.4, 0.5) is 0 Å². The Kier molecular flexibility index (Phi) is 24.6. The molecule has 4 heteroatoms. The van der Waals surface area contributed by atoms with Crippen LogP contribution in [0.5, 0.6) is 0 Å². The maximum atomic E-state index is 2.99. The van der Waals surface area contributed by atoms with Gasteiger partial charge >= 0.3 is 41.6 Å². The van der Waals surface area contributed by atoms with E-state index in [1.165, 1.54) is 23.0 Å². The van der Waals surface area contributed by atoms with Crippen molar-refractivity contribution in [3.8, 4) is 0 Å². The van der Waals surface area contributed by atoms with Crippen LogP contribution in [0.15, 0.2) is 36.5 Å². The minimum atomic E-state index is 0. The van der Waals surface area contributed by atoms with Crippen molar-refractivity contribution in [3.63, 3.8) is 0 Å². The van der Waals surface area contributed by atoms with Crippen molar-refractivity contribution in [2.75, 3.05) is 0 Å². The molecule has 0 saturated carbocycles. The summed E-state index contributed by atoms with van der Waals surface area (Å²) in [5.74, 6) is 0. The van der Waals surface area contributed by atoms with Crippen LogP contribution in [0.3, 0.4) is 0 Å². The standard InChI is InChI=1S/2C5H5.C2H6Si.2ClH.Hf/c2*1-2-4-5-3-1;1-3-2;;;/h2*1-3H,4H2;1-2H3;2*1H;/q2*-1;;;;+2/p-2. The van der Waals surface area contributed by atoms with Crippen LogP contribution in [-0.2, 0) is 23.0 Å². The van der Waals surface area contributed by atoms with Crippen molar-refractivity contribution in [1.29, 1.82) is 0 Å². The van der Waals surface area contributed by atoms with E-state index >= 15 is 0 Å². The fraction of sp³-hybridized carbons (Fsp3) is 0.333. The minimum absolute atomic E-state index is 0. The molecule has 0 aromatic heterocycles. The first kappa shape index (κ1) is 21.9. The van der Waals surface area contributed by atoms with Gasteiger partial charge in [0.2, 0.25) is 0 Å². The van der Waals surface area contributed by atoms with Crippen molar-refractivity contribution in [1.82, 2.24) is 0 Å². The van der Waals surface area contributed by atoms with Crippen LogP contribution >= 0.6 is 0 Å². The Morgan fingerprint density at radius 2 is 1.25 bits per heavy atom. The van der Waals surface area contributed by atoms with Gasteiger partial charge < -0.3 is 24.8 Å². The number of rotatable bonds is 0. The first-order valence-electron chi connectivity index (χ1n) is 4.68. The molecule has 0 nitrogen and oxygen atoms in total. The van der Waals surface area contributed by atoms with Crippen LogP contribution in [0.25, 0.3) is 0 Å². The van der Waals surface area contributed by atoms with Gasteiger partial charge in [-0.15, -0.1) is 12.8 Å². The van der Waals surface area contributed by atoms with E-state index in [0.717, 1.165) is 12.8 Å². The van der Waals surface area contributed by atoms with Crippen LogP contribution in [0.1, 0.15) is 12.8 Å². The zero-order valence-electron chi connectivity index (χ0n) is 9.63. The third-order valence-corrected chi connectivity index (χ3v) is 1.17. The molecule has 16 heavy (non-hydrogen) atoms. The normalized spacial score (nSPS) is 12.8. The molecule has 0 heterocycles. The predicted octanol–water partition coefficient (Wildman–Crippen LogP) is -2.60. The predicted molar refractivity (Wildman–Crippen MR) is 60.6 cm³/mol. The molecular formula is C12H16Cl2HfSi-2. The average molecular weight is 438 g/mol. The number of halogens is 2. The Morgan fingerprint density at radius 1 is 0.938 bits per heavy atom. The molecule has 0 unspecified atom stereocenters. The van der Waals surface area contributed by atoms with Gasteiger partial charge in [-0.1, -0.05) is 0 Å². The second-order valence-corrected chi connectivity index (χ2v) is 15.8. The monoisotopic (exact) mass is 438 g/mol. The molecule has 0 radical (unpaired) electrons. The fourth-order valence-corrected chi connectivity index (χ4v) is 0.680. The molecular weight excluding hydrogens is 422 g/mol. The van der Waals surface area contributed by atoms with Crippen LogP contribution in [-0.4, -0.2) is 5.49 Å². The molecule has 0 aromatic carbocycles. The van der Waals surface area contributed by atoms with Gasteiger partial charge in [-0.3, -0.25) is 12.2 Å². The zero-order chi connectivity index (χ0) is 10.6. The van der Waals surface area contributed by atoms with Gasteiger partial charge in [0.25, 0.3) is 0 Å². The van der Waals surface area contributed by atoms with Gasteiger partial charge in [0.05, 0.1) is 0 Å². The fourth-order valence-electron chi connectivity index (χ4n) is 0.680. The second-order valence-electron chi connectivity index (χ2n) is 3.01. The smallest absolute Gasteiger partial charge is 0.109 e. The van der Waals surface area contributed by atoms with Crippen molar-refractivity contribution in [2.45, 2.75) is 25.9 Å². The van der Waals surface area contributed by atoms with E-state index in [1.807, 2.05) is 24.3 Å². The molecule has 0 atom stereocenters. The number of allylic oxidation sites excluding steroid dienone is 8. The van der Waals surface area contributed by atoms with E-state index in [2.05, 4.69) is 37.4 Å². The van der Waals surface area contributed by atoms with Gasteiger partial charge in [0.1, 0.15) is 0 Å². The van der Waals surface area contributed by atoms with E-state index in [-0.39, 0.29) is 30.3 Å². The van der Waals surface area contributed by atoms with Gasteiger partial charge in [0, 0.05) is 0 Å². The molecule has 0 aromatic rings. The summed E-state index contributed by atoms with van der Waals surface area (Å²) in [5, 5.41) is 0. The summed E-state index contributed by atoms with van der Waals surface area (Å²) in [6, 6.07) is 0. The quantitative estimate of drug-likeness (QED) is 0.288. The molecule has 88 valence electrons. The first-order chi connectivity index (χ1) is 6.73. The molecule has 0 amide bonds. The topological polar surface area (TPSA) is 0 Å². The van der Waals surface area contributed by atoms with Crippen molar-refractivity contribution in [2.24, 2.45) is 0 Å². The SMILES string of the molecule is C[Si](C)=[Hf+2].[C-]1=CC=CC1.[C-]1=CC=CC1.[Cl-].[Cl-]. The Bertz CT molecular complexity index is 222. The maximum Gasteiger partial charge on any atom is -0.109 e. The summed E-state index contributed by atoms with van der Waals surface area (Å²) in [7, 11) is 0. The second kappa shape index (κ2) is 18.0. The van der Waals surface area contributed by atoms with Crippen molar-refractivity contribution in [3.05, 3.63) is 48.6 Å². The van der Waals surface area contributed by atoms with Crippen LogP contribution in [0.2, 0.25) is 13.1 Å². The Balaban J connectivity index is -0.000000151. The van der Waals surface area contributed by atoms with E-state index in [4.69, 9.17) is 0 Å². The van der Waals surface area contributed by atoms with Gasteiger partial charge in [-0.25, -0.2) is 24.3 Å². The Morgan fingerprint density at radius 3 is 1.31 bits per heavy atom. The average Bonchev–Trinajstić information content (AvgIpc) is 2.83. The summed E-state index contributed by atoms with van der Waals surface area (Å²) in [6.07, 6.45) is 20.0. The third kappa shape index (κ3) is 24.1. The molecule has 0 bridgehead atoms. The summed E-state index contributed by atoms with van der Waals surface area (Å²) >= 11 is 1.45. The van der Waals surface area contributed by atoms with Gasteiger partial charge in [-0.2, -0.15) is 12.2 Å². The molecule has 0 spiro atoms. The molecule has 2 aliphatic carbocycles. The van der Waals surface area contributed by atoms with E-state index in [1.54, 1.807) is 0 Å². The number of hydrogen-bond acceptors (Lipinski definition) is 0. The van der Waals surface area contributed by atoms with Crippen LogP contribution < -0.4 is 24.8 Å². The first-order valence-corrected chi connectivity index (χ1v) is 12.6. The van der Waals surface area contributed by atoms with E-state index in [9.17, 15) is 0 Å². The largest absolute Gasteiger partial charge is 1.00 e. The van der Waals surface area contributed by atoms with E-state index in [0.29, 0.717) is 0 Å². The number of hydrogen-bond donors (Lipinski definition) is 0. The Hall–Kier alpha value is 0.627. The van der Waals surface area contributed by atoms with Gasteiger partial charge in [-0.05, 0) is 0 Å². The van der Waals surface area contributed by atoms with E-state index < -0.39 is 0 Å². The maximum absolute atomic E-state index is 2.99. The molecule has 2 aliphatic rings. The molecule has 0 saturated heterocycles. The zero-order valence-corrected chi connectivity index (χ0v) is 15.7.